The monoisotopic (exact) mass is 185 g/mol. The number of rotatable bonds is 4. The molecule has 0 rings (SSSR count). The fourth-order valence-corrected chi connectivity index (χ4v) is 0.702. The first-order valence-corrected chi connectivity index (χ1v) is 4.16. The Bertz CT molecular complexity index is 217. The van der Waals surface area contributed by atoms with Crippen molar-refractivity contribution in [3.63, 3.8) is 0 Å². The van der Waals surface area contributed by atoms with Gasteiger partial charge in [-0.2, -0.15) is 0 Å². The van der Waals surface area contributed by atoms with Gasteiger partial charge in [0.2, 0.25) is 0 Å². The number of nitrogens with zero attached hydrogens (tertiary/aromatic N) is 1. The lowest BCUT2D eigenvalue weighted by Gasteiger charge is -2.17. The topological polar surface area (TPSA) is 50.9 Å². The van der Waals surface area contributed by atoms with E-state index >= 15 is 0 Å². The van der Waals surface area contributed by atoms with Gasteiger partial charge in [0, 0.05) is 13.8 Å². The summed E-state index contributed by atoms with van der Waals surface area (Å²) in [6.45, 7) is 12.0. The normalized spacial score (nSPS) is 13.2. The van der Waals surface area contributed by atoms with Crippen molar-refractivity contribution in [1.29, 1.82) is 0 Å². The molecule has 0 aliphatic carbocycles. The maximum Gasteiger partial charge on any atom is 0.308 e. The lowest BCUT2D eigenvalue weighted by atomic mass is 9.96. The molecule has 0 bridgehead atoms. The molecule has 0 amide bonds. The molecule has 4 heteroatoms. The summed E-state index contributed by atoms with van der Waals surface area (Å²) in [5, 5.41) is 9.46. The van der Waals surface area contributed by atoms with Crippen LogP contribution < -0.4 is 0 Å². The quantitative estimate of drug-likeness (QED) is 0.525. The van der Waals surface area contributed by atoms with Gasteiger partial charge in [-0.15, -0.1) is 0 Å². The molecule has 0 saturated carbocycles. The molecule has 13 heavy (non-hydrogen) atoms. The van der Waals surface area contributed by atoms with E-state index in [0.29, 0.717) is 6.61 Å². The zero-order valence-electron chi connectivity index (χ0n) is 8.20. The highest BCUT2D eigenvalue weighted by molar-refractivity contribution is 5.70. The first kappa shape index (κ1) is 11.9. The van der Waals surface area contributed by atoms with Gasteiger partial charge in [0.15, 0.2) is 0 Å². The Morgan fingerprint density at radius 1 is 1.69 bits per heavy atom. The molecule has 0 radical (unpaired) electrons. The summed E-state index contributed by atoms with van der Waals surface area (Å²) in [5.74, 6) is -0.466. The summed E-state index contributed by atoms with van der Waals surface area (Å²) in [7, 11) is 0. The van der Waals surface area contributed by atoms with Crippen molar-refractivity contribution in [2.45, 2.75) is 38.8 Å². The minimum absolute atomic E-state index is 0.122. The molecule has 0 spiro atoms. The molecular formula is C9H15NO3. The van der Waals surface area contributed by atoms with Gasteiger partial charge in [-0.1, -0.05) is 0 Å². The Balaban J connectivity index is 4.09. The van der Waals surface area contributed by atoms with Crippen LogP contribution in [-0.4, -0.2) is 29.3 Å². The van der Waals surface area contributed by atoms with Crippen LogP contribution in [0.25, 0.3) is 4.85 Å². The van der Waals surface area contributed by atoms with Crippen molar-refractivity contribution in [3.05, 3.63) is 11.4 Å². The molecule has 4 nitrogen and oxygen atoms in total. The molecule has 0 saturated heterocycles. The van der Waals surface area contributed by atoms with Gasteiger partial charge in [0.25, 0.3) is 5.54 Å². The number of hydrogen-bond acceptors (Lipinski definition) is 3. The average Bonchev–Trinajstić information content (AvgIpc) is 2.04. The van der Waals surface area contributed by atoms with Gasteiger partial charge >= 0.3 is 5.97 Å². The molecule has 0 aromatic heterocycles. The Kier molecular flexibility index (Phi) is 4.43. The van der Waals surface area contributed by atoms with E-state index in [1.807, 2.05) is 0 Å². The zero-order valence-corrected chi connectivity index (χ0v) is 8.20. The van der Waals surface area contributed by atoms with Crippen LogP contribution in [0.5, 0.6) is 0 Å². The number of hydrogen-bond donors (Lipinski definition) is 1. The largest absolute Gasteiger partial charge is 0.466 e. The van der Waals surface area contributed by atoms with Crippen LogP contribution in [0.1, 0.15) is 27.2 Å². The second-order valence-electron chi connectivity index (χ2n) is 3.29. The highest BCUT2D eigenvalue weighted by atomic mass is 16.5. The molecular weight excluding hydrogens is 170 g/mol. The molecule has 0 aromatic carbocycles. The summed E-state index contributed by atoms with van der Waals surface area (Å²) in [4.78, 5) is 14.2. The molecule has 0 heterocycles. The summed E-state index contributed by atoms with van der Waals surface area (Å²) >= 11 is 0. The fourth-order valence-electron chi connectivity index (χ4n) is 0.702. The Morgan fingerprint density at radius 3 is 2.62 bits per heavy atom. The van der Waals surface area contributed by atoms with E-state index in [1.54, 1.807) is 20.8 Å². The van der Waals surface area contributed by atoms with E-state index in [9.17, 15) is 9.90 Å². The predicted molar refractivity (Wildman–Crippen MR) is 47.9 cm³/mol. The van der Waals surface area contributed by atoms with Crippen molar-refractivity contribution in [3.8, 4) is 0 Å². The minimum Gasteiger partial charge on any atom is -0.466 e. The number of carbonyl (C=O) groups is 1. The SMILES string of the molecule is [C-]#[N+]C(C)(C)[C@H](O)CC(=O)OCC. The molecule has 0 unspecified atom stereocenters. The van der Waals surface area contributed by atoms with Crippen molar-refractivity contribution in [2.75, 3.05) is 6.61 Å². The number of aliphatic hydroxyl groups is 1. The average molecular weight is 185 g/mol. The Hall–Kier alpha value is -1.08. The van der Waals surface area contributed by atoms with E-state index in [2.05, 4.69) is 9.58 Å². The molecule has 0 aliphatic rings. The van der Waals surface area contributed by atoms with Crippen LogP contribution in [-0.2, 0) is 9.53 Å². The molecule has 74 valence electrons. The van der Waals surface area contributed by atoms with Crippen LogP contribution in [0.4, 0.5) is 0 Å². The number of carbonyl (C=O) groups excluding carboxylic acids is 1. The molecule has 0 aliphatic heterocycles. The van der Waals surface area contributed by atoms with Crippen LogP contribution in [0.2, 0.25) is 0 Å². The lowest BCUT2D eigenvalue weighted by molar-refractivity contribution is -0.145. The highest BCUT2D eigenvalue weighted by Crippen LogP contribution is 2.17. The van der Waals surface area contributed by atoms with Crippen LogP contribution in [0, 0.1) is 6.57 Å². The smallest absolute Gasteiger partial charge is 0.308 e. The molecule has 0 aromatic rings. The van der Waals surface area contributed by atoms with Gasteiger partial charge in [-0.3, -0.25) is 4.79 Å². The number of aliphatic hydroxyl groups excluding tert-OH is 1. The Morgan fingerprint density at radius 2 is 2.23 bits per heavy atom. The highest BCUT2D eigenvalue weighted by Gasteiger charge is 2.35. The maximum absolute atomic E-state index is 10.9. The number of ether oxygens (including phenoxy) is 1. The second-order valence-corrected chi connectivity index (χ2v) is 3.29. The van der Waals surface area contributed by atoms with Crippen LogP contribution in [0.3, 0.4) is 0 Å². The van der Waals surface area contributed by atoms with Crippen molar-refractivity contribution >= 4 is 5.97 Å². The molecule has 1 N–H and O–H groups in total. The molecule has 0 fully saturated rings. The van der Waals surface area contributed by atoms with E-state index < -0.39 is 17.6 Å². The van der Waals surface area contributed by atoms with E-state index in [0.717, 1.165) is 0 Å². The third-order valence-corrected chi connectivity index (χ3v) is 1.77. The van der Waals surface area contributed by atoms with Gasteiger partial charge in [0.05, 0.1) is 13.0 Å². The van der Waals surface area contributed by atoms with E-state index in [-0.39, 0.29) is 6.42 Å². The van der Waals surface area contributed by atoms with Crippen molar-refractivity contribution in [1.82, 2.24) is 0 Å². The van der Waals surface area contributed by atoms with E-state index in [1.165, 1.54) is 0 Å². The first-order valence-electron chi connectivity index (χ1n) is 4.16. The van der Waals surface area contributed by atoms with Gasteiger partial charge in [0.1, 0.15) is 6.10 Å². The Labute approximate surface area is 78.3 Å². The third-order valence-electron chi connectivity index (χ3n) is 1.77. The van der Waals surface area contributed by atoms with Gasteiger partial charge in [-0.25, -0.2) is 6.57 Å². The van der Waals surface area contributed by atoms with Crippen LogP contribution >= 0.6 is 0 Å². The summed E-state index contributed by atoms with van der Waals surface area (Å²) in [6.07, 6.45) is -1.09. The first-order chi connectivity index (χ1) is 5.94. The van der Waals surface area contributed by atoms with E-state index in [4.69, 9.17) is 6.57 Å². The maximum atomic E-state index is 10.9. The minimum atomic E-state index is -0.968. The standard InChI is InChI=1S/C9H15NO3/c1-5-13-8(12)6-7(11)9(2,3)10-4/h7,11H,5-6H2,1-3H3/t7-/m1/s1. The summed E-state index contributed by atoms with van der Waals surface area (Å²) in [5.41, 5.74) is -0.924. The fraction of sp³-hybridized carbons (Fsp3) is 0.778. The van der Waals surface area contributed by atoms with Gasteiger partial charge < -0.3 is 14.7 Å². The van der Waals surface area contributed by atoms with Crippen LogP contribution in [0.15, 0.2) is 0 Å². The summed E-state index contributed by atoms with van der Waals surface area (Å²) in [6, 6.07) is 0. The third kappa shape index (κ3) is 3.90. The molecule has 1 atom stereocenters. The number of esters is 1. The second kappa shape index (κ2) is 4.83. The predicted octanol–water partition coefficient (Wildman–Crippen LogP) is 0.998. The van der Waals surface area contributed by atoms with Crippen molar-refractivity contribution < 1.29 is 14.6 Å². The van der Waals surface area contributed by atoms with Gasteiger partial charge in [-0.05, 0) is 6.92 Å². The lowest BCUT2D eigenvalue weighted by Crippen LogP contribution is -2.35. The van der Waals surface area contributed by atoms with Crippen molar-refractivity contribution in [2.24, 2.45) is 0 Å². The summed E-state index contributed by atoms with van der Waals surface area (Å²) < 4.78 is 4.65. The zero-order chi connectivity index (χ0) is 10.5.